The van der Waals surface area contributed by atoms with E-state index < -0.39 is 0 Å². The highest BCUT2D eigenvalue weighted by atomic mass is 79.9. The number of pyridine rings is 1. The van der Waals surface area contributed by atoms with E-state index in [1.807, 2.05) is 18.4 Å². The summed E-state index contributed by atoms with van der Waals surface area (Å²) in [7, 11) is 1.67. The van der Waals surface area contributed by atoms with E-state index in [1.165, 1.54) is 0 Å². The second-order valence-corrected chi connectivity index (χ2v) is 4.08. The Morgan fingerprint density at radius 1 is 1.64 bits per heavy atom. The van der Waals surface area contributed by atoms with Gasteiger partial charge in [0.25, 0.3) is 0 Å². The van der Waals surface area contributed by atoms with E-state index in [4.69, 9.17) is 4.74 Å². The molecule has 0 fully saturated rings. The Hall–Kier alpha value is -0.610. The number of methoxy groups -OCH3 is 1. The summed E-state index contributed by atoms with van der Waals surface area (Å²) < 4.78 is 7.72. The fourth-order valence-corrected chi connectivity index (χ4v) is 1.76. The Morgan fingerprint density at radius 2 is 2.29 bits per heavy atom. The van der Waals surface area contributed by atoms with Gasteiger partial charge in [-0.2, -0.15) is 0 Å². The molecule has 0 aliphatic carbocycles. The molecule has 0 saturated carbocycles. The summed E-state index contributed by atoms with van der Waals surface area (Å²) >= 11 is 3.28. The van der Waals surface area contributed by atoms with Gasteiger partial charge >= 0.3 is 0 Å². The van der Waals surface area contributed by atoms with Gasteiger partial charge in [-0.3, -0.25) is 4.79 Å². The number of hydrogen-bond acceptors (Lipinski definition) is 2. The first-order valence-electron chi connectivity index (χ1n) is 4.44. The van der Waals surface area contributed by atoms with E-state index in [2.05, 4.69) is 15.9 Å². The normalized spacial score (nSPS) is 12.9. The number of nitrogens with zero attached hydrogens (tertiary/aromatic N) is 1. The Kier molecular flexibility index (Phi) is 3.89. The van der Waals surface area contributed by atoms with E-state index in [0.717, 1.165) is 5.69 Å². The van der Waals surface area contributed by atoms with Crippen LogP contribution in [0.25, 0.3) is 0 Å². The minimum Gasteiger partial charge on any atom is -0.383 e. The lowest BCUT2D eigenvalue weighted by atomic mass is 10.3. The zero-order chi connectivity index (χ0) is 10.7. The summed E-state index contributed by atoms with van der Waals surface area (Å²) in [5.74, 6) is 0. The van der Waals surface area contributed by atoms with E-state index in [0.29, 0.717) is 11.1 Å². The quantitative estimate of drug-likeness (QED) is 0.833. The summed E-state index contributed by atoms with van der Waals surface area (Å²) in [6.07, 6.45) is 1.80. The van der Waals surface area contributed by atoms with Gasteiger partial charge in [-0.1, -0.05) is 0 Å². The SMILES string of the molecule is COC[C@H](C)n1ccc(=O)c(Br)c1C. The molecule has 3 nitrogen and oxygen atoms in total. The summed E-state index contributed by atoms with van der Waals surface area (Å²) in [4.78, 5) is 11.3. The minimum atomic E-state index is 0.0170. The zero-order valence-electron chi connectivity index (χ0n) is 8.58. The summed E-state index contributed by atoms with van der Waals surface area (Å²) in [5, 5.41) is 0. The number of rotatable bonds is 3. The van der Waals surface area contributed by atoms with Gasteiger partial charge in [-0.05, 0) is 29.8 Å². The Balaban J connectivity index is 3.11. The molecular formula is C10H14BrNO2. The third-order valence-corrected chi connectivity index (χ3v) is 3.16. The maximum atomic E-state index is 11.3. The van der Waals surface area contributed by atoms with Gasteiger partial charge in [0, 0.05) is 25.1 Å². The van der Waals surface area contributed by atoms with Crippen molar-refractivity contribution in [3.05, 3.63) is 32.7 Å². The highest BCUT2D eigenvalue weighted by Crippen LogP contribution is 2.15. The van der Waals surface area contributed by atoms with E-state index in [9.17, 15) is 4.79 Å². The molecule has 1 aromatic heterocycles. The zero-order valence-corrected chi connectivity index (χ0v) is 10.2. The summed E-state index contributed by atoms with van der Waals surface area (Å²) in [5.41, 5.74) is 0.949. The van der Waals surface area contributed by atoms with Gasteiger partial charge in [0.1, 0.15) is 0 Å². The van der Waals surface area contributed by atoms with Crippen LogP contribution < -0.4 is 5.43 Å². The van der Waals surface area contributed by atoms with Crippen molar-refractivity contribution in [3.8, 4) is 0 Å². The third kappa shape index (κ3) is 2.25. The van der Waals surface area contributed by atoms with Gasteiger partial charge in [0.05, 0.1) is 17.1 Å². The lowest BCUT2D eigenvalue weighted by molar-refractivity contribution is 0.161. The van der Waals surface area contributed by atoms with Crippen LogP contribution in [0.15, 0.2) is 21.5 Å². The van der Waals surface area contributed by atoms with E-state index in [-0.39, 0.29) is 11.5 Å². The second-order valence-electron chi connectivity index (χ2n) is 3.29. The predicted octanol–water partition coefficient (Wildman–Crippen LogP) is 2.13. The third-order valence-electron chi connectivity index (χ3n) is 2.19. The molecule has 1 heterocycles. The van der Waals surface area contributed by atoms with Crippen molar-refractivity contribution in [1.82, 2.24) is 4.57 Å². The van der Waals surface area contributed by atoms with Crippen LogP contribution in [0.2, 0.25) is 0 Å². The van der Waals surface area contributed by atoms with Gasteiger partial charge in [-0.15, -0.1) is 0 Å². The molecule has 1 aromatic rings. The average molecular weight is 260 g/mol. The van der Waals surface area contributed by atoms with Gasteiger partial charge < -0.3 is 9.30 Å². The topological polar surface area (TPSA) is 31.2 Å². The molecule has 0 amide bonds. The molecule has 0 N–H and O–H groups in total. The Morgan fingerprint density at radius 3 is 2.86 bits per heavy atom. The van der Waals surface area contributed by atoms with E-state index in [1.54, 1.807) is 19.4 Å². The van der Waals surface area contributed by atoms with Crippen LogP contribution in [0.5, 0.6) is 0 Å². The van der Waals surface area contributed by atoms with Gasteiger partial charge in [-0.25, -0.2) is 0 Å². The maximum Gasteiger partial charge on any atom is 0.195 e. The van der Waals surface area contributed by atoms with Crippen LogP contribution in [-0.4, -0.2) is 18.3 Å². The highest BCUT2D eigenvalue weighted by Gasteiger charge is 2.09. The Labute approximate surface area is 91.8 Å². The van der Waals surface area contributed by atoms with Crippen LogP contribution in [-0.2, 0) is 4.74 Å². The molecule has 78 valence electrons. The first kappa shape index (κ1) is 11.5. The number of ether oxygens (including phenoxy) is 1. The van der Waals surface area contributed by atoms with Crippen molar-refractivity contribution in [3.63, 3.8) is 0 Å². The average Bonchev–Trinajstić information content (AvgIpc) is 2.15. The van der Waals surface area contributed by atoms with Gasteiger partial charge in [0.15, 0.2) is 5.43 Å². The molecule has 0 aliphatic heterocycles. The molecule has 4 heteroatoms. The summed E-state index contributed by atoms with van der Waals surface area (Å²) in [6, 6.07) is 1.79. The molecule has 0 radical (unpaired) electrons. The molecule has 0 spiro atoms. The van der Waals surface area contributed by atoms with Crippen LogP contribution in [0.3, 0.4) is 0 Å². The monoisotopic (exact) mass is 259 g/mol. The van der Waals surface area contributed by atoms with Crippen molar-refractivity contribution >= 4 is 15.9 Å². The standard InChI is InChI=1S/C10H14BrNO2/c1-7(6-14-3)12-5-4-9(13)10(11)8(12)2/h4-5,7H,6H2,1-3H3/t7-/m0/s1. The van der Waals surface area contributed by atoms with Crippen LogP contribution in [0.1, 0.15) is 18.7 Å². The van der Waals surface area contributed by atoms with Crippen molar-refractivity contribution < 1.29 is 4.74 Å². The predicted molar refractivity (Wildman–Crippen MR) is 59.7 cm³/mol. The molecule has 0 aliphatic rings. The Bertz CT molecular complexity index is 373. The maximum absolute atomic E-state index is 11.3. The first-order valence-corrected chi connectivity index (χ1v) is 5.23. The van der Waals surface area contributed by atoms with Crippen molar-refractivity contribution in [1.29, 1.82) is 0 Å². The number of halogens is 1. The molecule has 0 unspecified atom stereocenters. The first-order chi connectivity index (χ1) is 6.57. The number of hydrogen-bond donors (Lipinski definition) is 0. The molecule has 0 saturated heterocycles. The van der Waals surface area contributed by atoms with Crippen molar-refractivity contribution in [2.24, 2.45) is 0 Å². The second kappa shape index (κ2) is 4.75. The molecule has 1 rings (SSSR count). The van der Waals surface area contributed by atoms with Crippen molar-refractivity contribution in [2.75, 3.05) is 13.7 Å². The van der Waals surface area contributed by atoms with Crippen LogP contribution in [0.4, 0.5) is 0 Å². The smallest absolute Gasteiger partial charge is 0.195 e. The van der Waals surface area contributed by atoms with Crippen molar-refractivity contribution in [2.45, 2.75) is 19.9 Å². The summed E-state index contributed by atoms with van der Waals surface area (Å²) in [6.45, 7) is 4.60. The van der Waals surface area contributed by atoms with Crippen LogP contribution in [0, 0.1) is 6.92 Å². The lowest BCUT2D eigenvalue weighted by Crippen LogP contribution is -2.17. The highest BCUT2D eigenvalue weighted by molar-refractivity contribution is 9.10. The van der Waals surface area contributed by atoms with Gasteiger partial charge in [0.2, 0.25) is 0 Å². The van der Waals surface area contributed by atoms with Crippen LogP contribution >= 0.6 is 15.9 Å². The fraction of sp³-hybridized carbons (Fsp3) is 0.500. The fourth-order valence-electron chi connectivity index (χ4n) is 1.42. The molecule has 0 bridgehead atoms. The molecule has 0 aromatic carbocycles. The largest absolute Gasteiger partial charge is 0.383 e. The lowest BCUT2D eigenvalue weighted by Gasteiger charge is -2.18. The molecule has 1 atom stereocenters. The minimum absolute atomic E-state index is 0.0170. The molecular weight excluding hydrogens is 246 g/mol. The van der Waals surface area contributed by atoms with E-state index >= 15 is 0 Å². The number of aromatic nitrogens is 1. The molecule has 14 heavy (non-hydrogen) atoms.